The molecule has 0 fully saturated rings. The van der Waals surface area contributed by atoms with E-state index in [1.165, 1.54) is 6.33 Å². The summed E-state index contributed by atoms with van der Waals surface area (Å²) in [6.07, 6.45) is 1.75. The van der Waals surface area contributed by atoms with Gasteiger partial charge in [0.05, 0.1) is 5.75 Å². The molecule has 0 amide bonds. The van der Waals surface area contributed by atoms with Crippen LogP contribution in [0.1, 0.15) is 11.7 Å². The summed E-state index contributed by atoms with van der Waals surface area (Å²) in [5, 5.41) is 29.4. The number of nitrogens with zero attached hydrogens (tertiary/aromatic N) is 5. The van der Waals surface area contributed by atoms with Crippen LogP contribution >= 0.6 is 11.8 Å². The molecule has 102 valence electrons. The lowest BCUT2D eigenvalue weighted by Gasteiger charge is -2.06. The molecule has 0 radical (unpaired) electrons. The monoisotopic (exact) mass is 285 g/mol. The van der Waals surface area contributed by atoms with Crippen LogP contribution in [0.25, 0.3) is 0 Å². The zero-order valence-corrected chi connectivity index (χ0v) is 10.6. The molecule has 10 heteroatoms. The van der Waals surface area contributed by atoms with E-state index in [4.69, 9.17) is 14.7 Å². The predicted molar refractivity (Wildman–Crippen MR) is 62.3 cm³/mol. The van der Waals surface area contributed by atoms with Gasteiger partial charge >= 0.3 is 5.97 Å². The normalized spacial score (nSPS) is 10.8. The number of hydrogen-bond donors (Lipinski definition) is 2. The molecule has 0 unspecified atom stereocenters. The maximum atomic E-state index is 10.5. The highest BCUT2D eigenvalue weighted by atomic mass is 32.2. The molecule has 0 spiro atoms. The summed E-state index contributed by atoms with van der Waals surface area (Å²) in [7, 11) is 0. The first kappa shape index (κ1) is 13.5. The van der Waals surface area contributed by atoms with Crippen LogP contribution in [0.3, 0.4) is 0 Å². The lowest BCUT2D eigenvalue weighted by atomic mass is 10.4. The molecule has 19 heavy (non-hydrogen) atoms. The van der Waals surface area contributed by atoms with Crippen molar-refractivity contribution in [2.45, 2.75) is 24.7 Å². The number of aliphatic hydroxyl groups excluding tert-OH is 1. The van der Waals surface area contributed by atoms with E-state index in [-0.39, 0.29) is 12.4 Å². The molecule has 0 bridgehead atoms. The lowest BCUT2D eigenvalue weighted by Crippen LogP contribution is -2.09. The number of carboxylic acid groups (broad SMARTS) is 1. The van der Waals surface area contributed by atoms with E-state index < -0.39 is 5.97 Å². The number of hydrogen-bond acceptors (Lipinski definition) is 8. The molecule has 2 aromatic rings. The van der Waals surface area contributed by atoms with Gasteiger partial charge in [-0.1, -0.05) is 16.9 Å². The minimum absolute atomic E-state index is 0.121. The fourth-order valence-corrected chi connectivity index (χ4v) is 2.11. The van der Waals surface area contributed by atoms with E-state index in [2.05, 4.69) is 20.3 Å². The maximum absolute atomic E-state index is 10.5. The first-order valence-corrected chi connectivity index (χ1v) is 6.32. The Morgan fingerprint density at radius 3 is 2.95 bits per heavy atom. The molecule has 0 saturated heterocycles. The van der Waals surface area contributed by atoms with Crippen LogP contribution in [-0.4, -0.2) is 46.8 Å². The Labute approximate surface area is 111 Å². The molecule has 9 nitrogen and oxygen atoms in total. The molecule has 2 aromatic heterocycles. The highest BCUT2D eigenvalue weighted by Crippen LogP contribution is 2.17. The summed E-state index contributed by atoms with van der Waals surface area (Å²) >= 11 is 1.04. The van der Waals surface area contributed by atoms with Crippen LogP contribution < -0.4 is 0 Å². The van der Waals surface area contributed by atoms with Crippen molar-refractivity contribution < 1.29 is 19.5 Å². The SMILES string of the molecule is O=C(O)CSc1nnc(CO)n1CCc1ncno1. The molecule has 2 N–H and O–H groups in total. The third-order valence-corrected chi connectivity index (χ3v) is 3.17. The van der Waals surface area contributed by atoms with Gasteiger partial charge in [-0.3, -0.25) is 4.79 Å². The molecule has 2 rings (SSSR count). The number of thioether (sulfide) groups is 1. The fourth-order valence-electron chi connectivity index (χ4n) is 1.41. The Balaban J connectivity index is 2.07. The van der Waals surface area contributed by atoms with Gasteiger partial charge in [0.25, 0.3) is 0 Å². The van der Waals surface area contributed by atoms with E-state index in [9.17, 15) is 4.79 Å². The predicted octanol–water partition coefficient (Wildman–Crippen LogP) is -0.427. The minimum atomic E-state index is -0.943. The van der Waals surface area contributed by atoms with E-state index in [0.29, 0.717) is 29.8 Å². The van der Waals surface area contributed by atoms with Crippen molar-refractivity contribution in [3.63, 3.8) is 0 Å². The number of carboxylic acids is 1. The Hall–Kier alpha value is -1.94. The van der Waals surface area contributed by atoms with Gasteiger partial charge in [-0.2, -0.15) is 4.98 Å². The van der Waals surface area contributed by atoms with Crippen LogP contribution in [0.2, 0.25) is 0 Å². The Kier molecular flexibility index (Phi) is 4.47. The van der Waals surface area contributed by atoms with Crippen molar-refractivity contribution in [1.82, 2.24) is 24.9 Å². The zero-order chi connectivity index (χ0) is 13.7. The van der Waals surface area contributed by atoms with E-state index in [1.54, 1.807) is 4.57 Å². The fraction of sp³-hybridized carbons (Fsp3) is 0.444. The molecule has 0 aliphatic rings. The van der Waals surface area contributed by atoms with Crippen LogP contribution in [0.15, 0.2) is 16.0 Å². The number of aliphatic hydroxyl groups is 1. The summed E-state index contributed by atoms with van der Waals surface area (Å²) in [6, 6.07) is 0. The number of aryl methyl sites for hydroxylation is 1. The Morgan fingerprint density at radius 1 is 1.47 bits per heavy atom. The van der Waals surface area contributed by atoms with Crippen molar-refractivity contribution in [3.8, 4) is 0 Å². The van der Waals surface area contributed by atoms with Gasteiger partial charge in [-0.25, -0.2) is 0 Å². The molecular weight excluding hydrogens is 274 g/mol. The quantitative estimate of drug-likeness (QED) is 0.651. The minimum Gasteiger partial charge on any atom is -0.481 e. The zero-order valence-electron chi connectivity index (χ0n) is 9.76. The average Bonchev–Trinajstić information content (AvgIpc) is 3.02. The Morgan fingerprint density at radius 2 is 2.32 bits per heavy atom. The molecular formula is C9H11N5O4S. The smallest absolute Gasteiger partial charge is 0.313 e. The molecule has 0 aliphatic heterocycles. The molecule has 0 aromatic carbocycles. The van der Waals surface area contributed by atoms with E-state index >= 15 is 0 Å². The van der Waals surface area contributed by atoms with E-state index in [0.717, 1.165) is 11.8 Å². The summed E-state index contributed by atoms with van der Waals surface area (Å²) in [5.74, 6) is -0.245. The number of aliphatic carboxylic acids is 1. The van der Waals surface area contributed by atoms with Gasteiger partial charge in [0.2, 0.25) is 5.89 Å². The third kappa shape index (κ3) is 3.51. The van der Waals surface area contributed by atoms with Crippen LogP contribution in [0.5, 0.6) is 0 Å². The van der Waals surface area contributed by atoms with Gasteiger partial charge < -0.3 is 19.3 Å². The largest absolute Gasteiger partial charge is 0.481 e. The number of carbonyl (C=O) groups is 1. The summed E-state index contributed by atoms with van der Waals surface area (Å²) in [5.41, 5.74) is 0. The standard InChI is InChI=1S/C9H11N5O4S/c15-3-6-12-13-9(19-4-8(16)17)14(6)2-1-7-10-5-11-18-7/h5,15H,1-4H2,(H,16,17). The van der Waals surface area contributed by atoms with Crippen molar-refractivity contribution in [2.75, 3.05) is 5.75 Å². The molecule has 0 atom stereocenters. The summed E-state index contributed by atoms with van der Waals surface area (Å²) in [4.78, 5) is 14.4. The Bertz CT molecular complexity index is 541. The van der Waals surface area contributed by atoms with Gasteiger partial charge in [-0.15, -0.1) is 10.2 Å². The van der Waals surface area contributed by atoms with Gasteiger partial charge in [0, 0.05) is 13.0 Å². The first-order valence-electron chi connectivity index (χ1n) is 5.33. The number of rotatable bonds is 7. The molecule has 0 saturated carbocycles. The average molecular weight is 285 g/mol. The molecule has 2 heterocycles. The third-order valence-electron chi connectivity index (χ3n) is 2.22. The van der Waals surface area contributed by atoms with E-state index in [1.807, 2.05) is 0 Å². The molecule has 0 aliphatic carbocycles. The van der Waals surface area contributed by atoms with Crippen molar-refractivity contribution in [1.29, 1.82) is 0 Å². The van der Waals surface area contributed by atoms with Crippen molar-refractivity contribution in [2.24, 2.45) is 0 Å². The highest BCUT2D eigenvalue weighted by Gasteiger charge is 2.14. The number of aromatic nitrogens is 5. The second kappa shape index (κ2) is 6.29. The first-order chi connectivity index (χ1) is 9.20. The maximum Gasteiger partial charge on any atom is 0.313 e. The lowest BCUT2D eigenvalue weighted by molar-refractivity contribution is -0.133. The summed E-state index contributed by atoms with van der Waals surface area (Å²) in [6.45, 7) is 0.150. The van der Waals surface area contributed by atoms with Crippen LogP contribution in [-0.2, 0) is 24.4 Å². The summed E-state index contributed by atoms with van der Waals surface area (Å²) < 4.78 is 6.50. The van der Waals surface area contributed by atoms with Gasteiger partial charge in [-0.05, 0) is 0 Å². The van der Waals surface area contributed by atoms with Crippen molar-refractivity contribution >= 4 is 17.7 Å². The van der Waals surface area contributed by atoms with Gasteiger partial charge in [0.15, 0.2) is 17.3 Å². The highest BCUT2D eigenvalue weighted by molar-refractivity contribution is 7.99. The second-order valence-electron chi connectivity index (χ2n) is 3.48. The van der Waals surface area contributed by atoms with Gasteiger partial charge in [0.1, 0.15) is 6.61 Å². The second-order valence-corrected chi connectivity index (χ2v) is 4.42. The van der Waals surface area contributed by atoms with Crippen molar-refractivity contribution in [3.05, 3.63) is 18.0 Å². The topological polar surface area (TPSA) is 127 Å². The van der Waals surface area contributed by atoms with Crippen LogP contribution in [0, 0.1) is 0 Å². The van der Waals surface area contributed by atoms with Crippen LogP contribution in [0.4, 0.5) is 0 Å².